The maximum absolute atomic E-state index is 11.8. The molecule has 0 aromatic rings. The molecule has 0 aromatic heterocycles. The second kappa shape index (κ2) is 5.47. The Labute approximate surface area is 113 Å². The van der Waals surface area contributed by atoms with Crippen LogP contribution in [0.2, 0.25) is 0 Å². The van der Waals surface area contributed by atoms with Crippen LogP contribution in [0, 0.1) is 17.8 Å². The van der Waals surface area contributed by atoms with Gasteiger partial charge in [0, 0.05) is 13.6 Å². The number of hydrogen-bond acceptors (Lipinski definition) is 2. The van der Waals surface area contributed by atoms with E-state index in [4.69, 9.17) is 11.6 Å². The Balaban J connectivity index is 1.79. The van der Waals surface area contributed by atoms with Gasteiger partial charge in [-0.2, -0.15) is 0 Å². The second-order valence-electron chi connectivity index (χ2n) is 5.73. The van der Waals surface area contributed by atoms with Crippen LogP contribution in [0.25, 0.3) is 0 Å². The Bertz CT molecular complexity index is 346. The normalized spacial score (nSPS) is 31.2. The maximum atomic E-state index is 11.8. The SMILES string of the molecule is CC(Cl)C(=O)NC(=O)N(C)CC1CC2CCC1C2. The van der Waals surface area contributed by atoms with Crippen LogP contribution in [-0.2, 0) is 4.79 Å². The van der Waals surface area contributed by atoms with Crippen LogP contribution in [0.1, 0.15) is 32.6 Å². The molecule has 4 atom stereocenters. The van der Waals surface area contributed by atoms with E-state index < -0.39 is 11.3 Å². The number of nitrogens with one attached hydrogen (secondary N) is 1. The summed E-state index contributed by atoms with van der Waals surface area (Å²) in [6.07, 6.45) is 5.24. The first-order chi connectivity index (χ1) is 8.47. The lowest BCUT2D eigenvalue weighted by atomic mass is 9.88. The number of alkyl halides is 1. The minimum absolute atomic E-state index is 0.338. The fourth-order valence-electron chi connectivity index (χ4n) is 3.34. The topological polar surface area (TPSA) is 49.4 Å². The average molecular weight is 273 g/mol. The van der Waals surface area contributed by atoms with Crippen molar-refractivity contribution in [1.82, 2.24) is 10.2 Å². The molecule has 2 rings (SSSR count). The highest BCUT2D eigenvalue weighted by Crippen LogP contribution is 2.48. The number of halogens is 1. The van der Waals surface area contributed by atoms with E-state index in [1.165, 1.54) is 25.7 Å². The largest absolute Gasteiger partial charge is 0.327 e. The lowest BCUT2D eigenvalue weighted by molar-refractivity contribution is -0.119. The molecule has 18 heavy (non-hydrogen) atoms. The zero-order valence-electron chi connectivity index (χ0n) is 11.0. The number of carbonyl (C=O) groups is 2. The van der Waals surface area contributed by atoms with E-state index in [-0.39, 0.29) is 6.03 Å². The lowest BCUT2D eigenvalue weighted by Gasteiger charge is -2.27. The number of carbonyl (C=O) groups excluding carboxylic acids is 2. The third-order valence-electron chi connectivity index (χ3n) is 4.33. The Morgan fingerprint density at radius 2 is 2.11 bits per heavy atom. The molecule has 4 nitrogen and oxygen atoms in total. The second-order valence-corrected chi connectivity index (χ2v) is 6.38. The molecular formula is C13H21ClN2O2. The minimum Gasteiger partial charge on any atom is -0.327 e. The molecule has 2 bridgehead atoms. The van der Waals surface area contributed by atoms with Gasteiger partial charge in [-0.25, -0.2) is 4.79 Å². The number of urea groups is 1. The van der Waals surface area contributed by atoms with Crippen molar-refractivity contribution in [2.45, 2.75) is 38.0 Å². The van der Waals surface area contributed by atoms with Crippen molar-refractivity contribution in [3.63, 3.8) is 0 Å². The van der Waals surface area contributed by atoms with Crippen LogP contribution >= 0.6 is 11.6 Å². The van der Waals surface area contributed by atoms with Gasteiger partial charge in [-0.3, -0.25) is 10.1 Å². The van der Waals surface area contributed by atoms with E-state index in [0.717, 1.165) is 18.4 Å². The zero-order valence-corrected chi connectivity index (χ0v) is 11.7. The van der Waals surface area contributed by atoms with Crippen molar-refractivity contribution in [1.29, 1.82) is 0 Å². The van der Waals surface area contributed by atoms with Gasteiger partial charge in [0.1, 0.15) is 5.38 Å². The number of fused-ring (bicyclic) bond motifs is 2. The molecule has 102 valence electrons. The summed E-state index contributed by atoms with van der Waals surface area (Å²) in [7, 11) is 1.74. The summed E-state index contributed by atoms with van der Waals surface area (Å²) in [5, 5.41) is 1.64. The molecule has 1 N–H and O–H groups in total. The van der Waals surface area contributed by atoms with Gasteiger partial charge < -0.3 is 4.90 Å². The van der Waals surface area contributed by atoms with E-state index in [1.807, 2.05) is 0 Å². The van der Waals surface area contributed by atoms with E-state index in [9.17, 15) is 9.59 Å². The standard InChI is InChI=1S/C13H21ClN2O2/c1-8(14)12(17)15-13(18)16(2)7-11-6-9-3-4-10(11)5-9/h8-11H,3-7H2,1-2H3,(H,15,17,18). The van der Waals surface area contributed by atoms with Crippen molar-refractivity contribution in [2.75, 3.05) is 13.6 Å². The average Bonchev–Trinajstić information content (AvgIpc) is 2.90. The molecule has 3 amide bonds. The highest BCUT2D eigenvalue weighted by Gasteiger charge is 2.40. The van der Waals surface area contributed by atoms with Crippen LogP contribution in [0.5, 0.6) is 0 Å². The highest BCUT2D eigenvalue weighted by molar-refractivity contribution is 6.31. The zero-order chi connectivity index (χ0) is 13.3. The number of amides is 3. The fourth-order valence-corrected chi connectivity index (χ4v) is 3.39. The van der Waals surface area contributed by atoms with E-state index in [0.29, 0.717) is 5.92 Å². The van der Waals surface area contributed by atoms with Crippen molar-refractivity contribution in [2.24, 2.45) is 17.8 Å². The molecule has 2 aliphatic rings. The maximum Gasteiger partial charge on any atom is 0.323 e. The molecule has 0 radical (unpaired) electrons. The molecule has 0 saturated heterocycles. The van der Waals surface area contributed by atoms with Gasteiger partial charge in [-0.05, 0) is 43.9 Å². The molecular weight excluding hydrogens is 252 g/mol. The molecule has 2 saturated carbocycles. The van der Waals surface area contributed by atoms with E-state index in [2.05, 4.69) is 5.32 Å². The van der Waals surface area contributed by atoms with Gasteiger partial charge >= 0.3 is 6.03 Å². The molecule has 2 fully saturated rings. The van der Waals surface area contributed by atoms with Gasteiger partial charge in [0.15, 0.2) is 0 Å². The van der Waals surface area contributed by atoms with Crippen LogP contribution in [0.15, 0.2) is 0 Å². The Kier molecular flexibility index (Phi) is 4.15. The molecule has 0 aliphatic heterocycles. The van der Waals surface area contributed by atoms with Crippen LogP contribution < -0.4 is 5.32 Å². The lowest BCUT2D eigenvalue weighted by Crippen LogP contribution is -2.45. The van der Waals surface area contributed by atoms with Crippen LogP contribution in [-0.4, -0.2) is 35.8 Å². The molecule has 0 spiro atoms. The van der Waals surface area contributed by atoms with Gasteiger partial charge in [0.2, 0.25) is 5.91 Å². The first-order valence-electron chi connectivity index (χ1n) is 6.67. The summed E-state index contributed by atoms with van der Waals surface area (Å²) in [5.74, 6) is 1.85. The van der Waals surface area contributed by atoms with Gasteiger partial charge in [-0.15, -0.1) is 11.6 Å². The number of rotatable bonds is 3. The molecule has 0 aromatic carbocycles. The Morgan fingerprint density at radius 3 is 2.61 bits per heavy atom. The van der Waals surface area contributed by atoms with Crippen molar-refractivity contribution in [3.05, 3.63) is 0 Å². The highest BCUT2D eigenvalue weighted by atomic mass is 35.5. The first-order valence-corrected chi connectivity index (χ1v) is 7.11. The van der Waals surface area contributed by atoms with Crippen molar-refractivity contribution < 1.29 is 9.59 Å². The monoisotopic (exact) mass is 272 g/mol. The Hall–Kier alpha value is -0.770. The predicted octanol–water partition coefficient (Wildman–Crippen LogP) is 2.22. The molecule has 4 unspecified atom stereocenters. The number of nitrogens with zero attached hydrogens (tertiary/aromatic N) is 1. The third kappa shape index (κ3) is 2.97. The quantitative estimate of drug-likeness (QED) is 0.801. The Morgan fingerprint density at radius 1 is 1.39 bits per heavy atom. The van der Waals surface area contributed by atoms with Gasteiger partial charge in [0.25, 0.3) is 0 Å². The summed E-state index contributed by atoms with van der Waals surface area (Å²) >= 11 is 5.62. The minimum atomic E-state index is -0.676. The molecule has 2 aliphatic carbocycles. The molecule has 5 heteroatoms. The predicted molar refractivity (Wildman–Crippen MR) is 70.4 cm³/mol. The van der Waals surface area contributed by atoms with Gasteiger partial charge in [-0.1, -0.05) is 6.42 Å². The first kappa shape index (κ1) is 13.7. The summed E-state index contributed by atoms with van der Waals surface area (Å²) in [6, 6.07) is -0.338. The summed E-state index contributed by atoms with van der Waals surface area (Å²) < 4.78 is 0. The van der Waals surface area contributed by atoms with E-state index in [1.54, 1.807) is 18.9 Å². The van der Waals surface area contributed by atoms with Crippen molar-refractivity contribution >= 4 is 23.5 Å². The fraction of sp³-hybridized carbons (Fsp3) is 0.846. The summed E-state index contributed by atoms with van der Waals surface area (Å²) in [4.78, 5) is 24.7. The van der Waals surface area contributed by atoms with E-state index >= 15 is 0 Å². The van der Waals surface area contributed by atoms with Gasteiger partial charge in [0.05, 0.1) is 0 Å². The smallest absolute Gasteiger partial charge is 0.323 e. The van der Waals surface area contributed by atoms with Crippen molar-refractivity contribution in [3.8, 4) is 0 Å². The number of imide groups is 1. The van der Waals surface area contributed by atoms with Crippen LogP contribution in [0.3, 0.4) is 0 Å². The third-order valence-corrected chi connectivity index (χ3v) is 4.53. The molecule has 0 heterocycles. The summed E-state index contributed by atoms with van der Waals surface area (Å²) in [5.41, 5.74) is 0. The summed E-state index contributed by atoms with van der Waals surface area (Å²) in [6.45, 7) is 2.30. The number of hydrogen-bond donors (Lipinski definition) is 1. The van der Waals surface area contributed by atoms with Crippen LogP contribution in [0.4, 0.5) is 4.79 Å².